The van der Waals surface area contributed by atoms with Gasteiger partial charge in [0.1, 0.15) is 0 Å². The van der Waals surface area contributed by atoms with Crippen LogP contribution in [-0.4, -0.2) is 39.8 Å². The minimum Gasteiger partial charge on any atom is -0.335 e. The lowest BCUT2D eigenvalue weighted by Crippen LogP contribution is -2.46. The molecule has 1 amide bonds. The van der Waals surface area contributed by atoms with Crippen LogP contribution in [0.4, 0.5) is 5.69 Å². The van der Waals surface area contributed by atoms with E-state index in [0.717, 1.165) is 60.7 Å². The Morgan fingerprint density at radius 2 is 1.76 bits per heavy atom. The van der Waals surface area contributed by atoms with Crippen molar-refractivity contribution >= 4 is 23.4 Å². The van der Waals surface area contributed by atoms with Crippen LogP contribution >= 0.6 is 11.8 Å². The number of nitro groups is 1. The number of nitrogens with zero attached hydrogens (tertiary/aromatic N) is 3. The van der Waals surface area contributed by atoms with Gasteiger partial charge in [0.2, 0.25) is 5.91 Å². The highest BCUT2D eigenvalue weighted by molar-refractivity contribution is 7.99. The minimum absolute atomic E-state index is 0.0619. The SMILES string of the molecule is CCCCC(=O)N(Cc1cc([N+](=O)[O-])ccc1Sc1ccc(C)cc1)C1CCN(Cc2ccccc2)CC1. The second-order valence-corrected chi connectivity index (χ2v) is 11.2. The van der Waals surface area contributed by atoms with Gasteiger partial charge in [0.25, 0.3) is 5.69 Å². The molecule has 1 fully saturated rings. The van der Waals surface area contributed by atoms with Crippen LogP contribution in [0.5, 0.6) is 0 Å². The molecule has 1 aliphatic rings. The van der Waals surface area contributed by atoms with E-state index < -0.39 is 0 Å². The molecule has 1 aliphatic heterocycles. The van der Waals surface area contributed by atoms with Gasteiger partial charge in [-0.3, -0.25) is 19.8 Å². The van der Waals surface area contributed by atoms with Gasteiger partial charge >= 0.3 is 0 Å². The first-order chi connectivity index (χ1) is 18.4. The first kappa shape index (κ1) is 27.9. The topological polar surface area (TPSA) is 66.7 Å². The van der Waals surface area contributed by atoms with Gasteiger partial charge in [0.15, 0.2) is 0 Å². The second-order valence-electron chi connectivity index (χ2n) is 10.1. The minimum atomic E-state index is -0.352. The molecule has 38 heavy (non-hydrogen) atoms. The summed E-state index contributed by atoms with van der Waals surface area (Å²) >= 11 is 1.59. The number of amides is 1. The molecule has 0 unspecified atom stereocenters. The zero-order valence-electron chi connectivity index (χ0n) is 22.3. The normalized spacial score (nSPS) is 14.4. The van der Waals surface area contributed by atoms with Crippen LogP contribution in [0.25, 0.3) is 0 Å². The molecule has 1 heterocycles. The quantitative estimate of drug-likeness (QED) is 0.193. The lowest BCUT2D eigenvalue weighted by atomic mass is 10.0. The average Bonchev–Trinajstić information content (AvgIpc) is 2.93. The third-order valence-electron chi connectivity index (χ3n) is 7.16. The monoisotopic (exact) mass is 531 g/mol. The fourth-order valence-corrected chi connectivity index (χ4v) is 5.86. The van der Waals surface area contributed by atoms with E-state index in [1.54, 1.807) is 23.9 Å². The molecule has 6 nitrogen and oxygen atoms in total. The van der Waals surface area contributed by atoms with Crippen molar-refractivity contribution in [1.29, 1.82) is 0 Å². The van der Waals surface area contributed by atoms with Gasteiger partial charge in [-0.1, -0.05) is 73.1 Å². The van der Waals surface area contributed by atoms with E-state index in [2.05, 4.69) is 67.3 Å². The van der Waals surface area contributed by atoms with E-state index in [9.17, 15) is 14.9 Å². The Labute approximate surface area is 230 Å². The lowest BCUT2D eigenvalue weighted by molar-refractivity contribution is -0.385. The van der Waals surface area contributed by atoms with Crippen molar-refractivity contribution in [3.05, 3.63) is 99.6 Å². The summed E-state index contributed by atoms with van der Waals surface area (Å²) < 4.78 is 0. The molecule has 0 radical (unpaired) electrons. The molecule has 0 atom stereocenters. The number of unbranched alkanes of at least 4 members (excludes halogenated alkanes) is 1. The van der Waals surface area contributed by atoms with Crippen LogP contribution in [0.2, 0.25) is 0 Å². The third-order valence-corrected chi connectivity index (χ3v) is 8.28. The van der Waals surface area contributed by atoms with Crippen LogP contribution in [0.15, 0.2) is 82.6 Å². The van der Waals surface area contributed by atoms with Gasteiger partial charge < -0.3 is 4.90 Å². The summed E-state index contributed by atoms with van der Waals surface area (Å²) in [6, 6.07) is 23.9. The molecule has 3 aromatic rings. The number of carbonyl (C=O) groups is 1. The lowest BCUT2D eigenvalue weighted by Gasteiger charge is -2.39. The zero-order chi connectivity index (χ0) is 26.9. The molecule has 0 saturated carbocycles. The standard InChI is InChI=1S/C31H37N3O3S/c1-3-4-10-31(35)33(27-17-19-32(20-18-27)22-25-8-6-5-7-9-25)23-26-21-28(34(36)37)13-16-30(26)38-29-14-11-24(2)12-15-29/h5-9,11-16,21,27H,3-4,10,17-20,22-23H2,1-2H3. The number of hydrogen-bond donors (Lipinski definition) is 0. The van der Waals surface area contributed by atoms with Crippen LogP contribution in [0, 0.1) is 17.0 Å². The number of nitro benzene ring substituents is 1. The van der Waals surface area contributed by atoms with Gasteiger partial charge in [-0.25, -0.2) is 0 Å². The largest absolute Gasteiger partial charge is 0.335 e. The van der Waals surface area contributed by atoms with E-state index in [1.165, 1.54) is 11.1 Å². The number of likely N-dealkylation sites (tertiary alicyclic amines) is 1. The first-order valence-electron chi connectivity index (χ1n) is 13.5. The van der Waals surface area contributed by atoms with Crippen molar-refractivity contribution < 1.29 is 9.72 Å². The molecule has 4 rings (SSSR count). The van der Waals surface area contributed by atoms with E-state index in [4.69, 9.17) is 0 Å². The summed E-state index contributed by atoms with van der Waals surface area (Å²) in [5.41, 5.74) is 3.38. The van der Waals surface area contributed by atoms with Crippen LogP contribution in [0.3, 0.4) is 0 Å². The van der Waals surface area contributed by atoms with Crippen LogP contribution in [-0.2, 0) is 17.9 Å². The summed E-state index contributed by atoms with van der Waals surface area (Å²) in [6.07, 6.45) is 4.12. The Balaban J connectivity index is 1.54. The Bertz CT molecular complexity index is 1210. The molecule has 0 bridgehead atoms. The number of piperidine rings is 1. The number of hydrogen-bond acceptors (Lipinski definition) is 5. The number of aryl methyl sites for hydroxylation is 1. The summed E-state index contributed by atoms with van der Waals surface area (Å²) in [5, 5.41) is 11.6. The van der Waals surface area contributed by atoms with Crippen molar-refractivity contribution in [1.82, 2.24) is 9.80 Å². The van der Waals surface area contributed by atoms with Gasteiger partial charge in [0, 0.05) is 60.6 Å². The van der Waals surface area contributed by atoms with E-state index in [1.807, 2.05) is 17.0 Å². The van der Waals surface area contributed by atoms with Crippen molar-refractivity contribution in [3.8, 4) is 0 Å². The van der Waals surface area contributed by atoms with Crippen molar-refractivity contribution in [3.63, 3.8) is 0 Å². The molecular formula is C31H37N3O3S. The van der Waals surface area contributed by atoms with Crippen LogP contribution in [0.1, 0.15) is 55.7 Å². The molecule has 1 saturated heterocycles. The maximum atomic E-state index is 13.5. The Kier molecular flexibility index (Phi) is 9.96. The second kappa shape index (κ2) is 13.6. The summed E-state index contributed by atoms with van der Waals surface area (Å²) in [6.45, 7) is 7.31. The van der Waals surface area contributed by atoms with E-state index in [-0.39, 0.29) is 22.6 Å². The number of non-ortho nitro benzene ring substituents is 1. The Morgan fingerprint density at radius 1 is 1.05 bits per heavy atom. The molecule has 0 spiro atoms. The van der Waals surface area contributed by atoms with Crippen molar-refractivity contribution in [2.24, 2.45) is 0 Å². The van der Waals surface area contributed by atoms with E-state index in [0.29, 0.717) is 13.0 Å². The first-order valence-corrected chi connectivity index (χ1v) is 14.3. The van der Waals surface area contributed by atoms with Gasteiger partial charge in [-0.15, -0.1) is 0 Å². The Hall–Kier alpha value is -3.16. The van der Waals surface area contributed by atoms with Gasteiger partial charge in [-0.2, -0.15) is 0 Å². The molecule has 0 N–H and O–H groups in total. The van der Waals surface area contributed by atoms with Crippen molar-refractivity contribution in [2.75, 3.05) is 13.1 Å². The van der Waals surface area contributed by atoms with Crippen LogP contribution < -0.4 is 0 Å². The molecule has 3 aromatic carbocycles. The molecule has 0 aromatic heterocycles. The number of carbonyl (C=O) groups excluding carboxylic acids is 1. The predicted octanol–water partition coefficient (Wildman–Crippen LogP) is 7.24. The Morgan fingerprint density at radius 3 is 2.42 bits per heavy atom. The highest BCUT2D eigenvalue weighted by Crippen LogP contribution is 2.34. The maximum Gasteiger partial charge on any atom is 0.269 e. The highest BCUT2D eigenvalue weighted by Gasteiger charge is 2.29. The number of rotatable bonds is 11. The third kappa shape index (κ3) is 7.68. The van der Waals surface area contributed by atoms with Gasteiger partial charge in [0.05, 0.1) is 4.92 Å². The summed E-state index contributed by atoms with van der Waals surface area (Å²) in [5.74, 6) is 0.145. The average molecular weight is 532 g/mol. The maximum absolute atomic E-state index is 13.5. The fraction of sp³-hybridized carbons (Fsp3) is 0.387. The molecular weight excluding hydrogens is 494 g/mol. The molecule has 7 heteroatoms. The highest BCUT2D eigenvalue weighted by atomic mass is 32.2. The smallest absolute Gasteiger partial charge is 0.269 e. The summed E-state index contributed by atoms with van der Waals surface area (Å²) in [7, 11) is 0. The fourth-order valence-electron chi connectivity index (χ4n) is 4.94. The van der Waals surface area contributed by atoms with E-state index >= 15 is 0 Å². The number of benzene rings is 3. The molecule has 0 aliphatic carbocycles. The van der Waals surface area contributed by atoms with Gasteiger partial charge in [-0.05, 0) is 55.5 Å². The zero-order valence-corrected chi connectivity index (χ0v) is 23.2. The predicted molar refractivity (Wildman–Crippen MR) is 153 cm³/mol. The summed E-state index contributed by atoms with van der Waals surface area (Å²) in [4.78, 5) is 31.2. The molecule has 200 valence electrons. The van der Waals surface area contributed by atoms with Crippen molar-refractivity contribution in [2.45, 2.75) is 74.9 Å².